The van der Waals surface area contributed by atoms with E-state index in [1.54, 1.807) is 12.3 Å². The molecule has 3 aromatic rings. The third-order valence-electron chi connectivity index (χ3n) is 3.33. The number of hydrogen-bond donors (Lipinski definition) is 4. The molecule has 0 amide bonds. The van der Waals surface area contributed by atoms with E-state index in [-0.39, 0.29) is 17.5 Å². The average molecular weight is 269 g/mol. The van der Waals surface area contributed by atoms with E-state index in [1.807, 2.05) is 25.1 Å². The number of phenols is 2. The highest BCUT2D eigenvalue weighted by molar-refractivity contribution is 5.91. The molecule has 0 fully saturated rings. The van der Waals surface area contributed by atoms with Gasteiger partial charge in [-0.2, -0.15) is 5.10 Å². The summed E-state index contributed by atoms with van der Waals surface area (Å²) in [4.78, 5) is 0. The number of rotatable bonds is 3. The predicted molar refractivity (Wildman–Crippen MR) is 77.9 cm³/mol. The summed E-state index contributed by atoms with van der Waals surface area (Å²) >= 11 is 0. The molecule has 1 aromatic heterocycles. The van der Waals surface area contributed by atoms with Gasteiger partial charge in [0.2, 0.25) is 0 Å². The second-order valence-electron chi connectivity index (χ2n) is 4.75. The molecule has 0 saturated heterocycles. The molecule has 102 valence electrons. The molecule has 1 unspecified atom stereocenters. The SMILES string of the molecule is CC(Nc1cccc2[nH]ncc12)c1cc(O)ccc1O. The second-order valence-corrected chi connectivity index (χ2v) is 4.75. The lowest BCUT2D eigenvalue weighted by Crippen LogP contribution is -2.07. The van der Waals surface area contributed by atoms with Crippen LogP contribution in [0.25, 0.3) is 10.9 Å². The normalized spacial score (nSPS) is 12.4. The lowest BCUT2D eigenvalue weighted by Gasteiger charge is -2.17. The summed E-state index contributed by atoms with van der Waals surface area (Å²) < 4.78 is 0. The van der Waals surface area contributed by atoms with Crippen molar-refractivity contribution in [2.75, 3.05) is 5.32 Å². The van der Waals surface area contributed by atoms with Crippen LogP contribution in [0.1, 0.15) is 18.5 Å². The minimum absolute atomic E-state index is 0.132. The molecule has 0 aliphatic rings. The summed E-state index contributed by atoms with van der Waals surface area (Å²) in [5, 5.41) is 30.7. The van der Waals surface area contributed by atoms with Crippen molar-refractivity contribution in [3.8, 4) is 11.5 Å². The van der Waals surface area contributed by atoms with Crippen LogP contribution >= 0.6 is 0 Å². The van der Waals surface area contributed by atoms with Crippen LogP contribution in [0.4, 0.5) is 5.69 Å². The minimum atomic E-state index is -0.150. The summed E-state index contributed by atoms with van der Waals surface area (Å²) in [5.74, 6) is 0.287. The topological polar surface area (TPSA) is 81.2 Å². The zero-order valence-electron chi connectivity index (χ0n) is 11.0. The van der Waals surface area contributed by atoms with Gasteiger partial charge in [0.15, 0.2) is 0 Å². The van der Waals surface area contributed by atoms with Gasteiger partial charge in [0.1, 0.15) is 11.5 Å². The van der Waals surface area contributed by atoms with Crippen molar-refractivity contribution in [1.29, 1.82) is 0 Å². The monoisotopic (exact) mass is 269 g/mol. The summed E-state index contributed by atoms with van der Waals surface area (Å²) in [7, 11) is 0. The van der Waals surface area contributed by atoms with E-state index in [4.69, 9.17) is 0 Å². The molecule has 3 rings (SSSR count). The Morgan fingerprint density at radius 3 is 2.90 bits per heavy atom. The molecule has 0 radical (unpaired) electrons. The van der Waals surface area contributed by atoms with E-state index in [0.717, 1.165) is 16.6 Å². The maximum Gasteiger partial charge on any atom is 0.121 e. The van der Waals surface area contributed by atoms with Gasteiger partial charge in [0.25, 0.3) is 0 Å². The number of fused-ring (bicyclic) bond motifs is 1. The zero-order chi connectivity index (χ0) is 14.1. The van der Waals surface area contributed by atoms with Crippen LogP contribution in [0.15, 0.2) is 42.6 Å². The fraction of sp³-hybridized carbons (Fsp3) is 0.133. The Bertz CT molecular complexity index is 752. The molecule has 4 N–H and O–H groups in total. The molecular weight excluding hydrogens is 254 g/mol. The highest BCUT2D eigenvalue weighted by atomic mass is 16.3. The number of aromatic amines is 1. The molecule has 0 bridgehead atoms. The number of nitrogens with zero attached hydrogens (tertiary/aromatic N) is 1. The number of nitrogens with one attached hydrogen (secondary N) is 2. The highest BCUT2D eigenvalue weighted by Crippen LogP contribution is 2.31. The van der Waals surface area contributed by atoms with Crippen molar-refractivity contribution in [3.05, 3.63) is 48.2 Å². The Morgan fingerprint density at radius 1 is 1.20 bits per heavy atom. The second kappa shape index (κ2) is 4.77. The van der Waals surface area contributed by atoms with Crippen LogP contribution in [0, 0.1) is 0 Å². The first-order valence-corrected chi connectivity index (χ1v) is 6.35. The van der Waals surface area contributed by atoms with Gasteiger partial charge in [0.05, 0.1) is 17.8 Å². The quantitative estimate of drug-likeness (QED) is 0.551. The molecule has 0 spiro atoms. The Morgan fingerprint density at radius 2 is 2.05 bits per heavy atom. The fourth-order valence-corrected chi connectivity index (χ4v) is 2.29. The van der Waals surface area contributed by atoms with Gasteiger partial charge in [-0.3, -0.25) is 5.10 Å². The van der Waals surface area contributed by atoms with Crippen LogP contribution in [0.3, 0.4) is 0 Å². The van der Waals surface area contributed by atoms with Crippen LogP contribution in [0.5, 0.6) is 11.5 Å². The van der Waals surface area contributed by atoms with Gasteiger partial charge >= 0.3 is 0 Å². The first-order chi connectivity index (χ1) is 9.65. The van der Waals surface area contributed by atoms with Crippen LogP contribution < -0.4 is 5.32 Å². The number of benzene rings is 2. The summed E-state index contributed by atoms with van der Waals surface area (Å²) in [5.41, 5.74) is 2.51. The predicted octanol–water partition coefficient (Wildman–Crippen LogP) is 3.15. The maximum absolute atomic E-state index is 9.89. The van der Waals surface area contributed by atoms with E-state index in [0.29, 0.717) is 5.56 Å². The first-order valence-electron chi connectivity index (χ1n) is 6.35. The fourth-order valence-electron chi connectivity index (χ4n) is 2.29. The third-order valence-corrected chi connectivity index (χ3v) is 3.33. The molecule has 20 heavy (non-hydrogen) atoms. The highest BCUT2D eigenvalue weighted by Gasteiger charge is 2.12. The van der Waals surface area contributed by atoms with Crippen molar-refractivity contribution in [2.45, 2.75) is 13.0 Å². The zero-order valence-corrected chi connectivity index (χ0v) is 11.0. The molecule has 0 saturated carbocycles. The van der Waals surface area contributed by atoms with Crippen molar-refractivity contribution in [3.63, 3.8) is 0 Å². The van der Waals surface area contributed by atoms with E-state index in [2.05, 4.69) is 15.5 Å². The molecule has 5 heteroatoms. The number of aromatic nitrogens is 2. The standard InChI is InChI=1S/C15H15N3O2/c1-9(11-7-10(19)5-6-15(11)20)17-13-3-2-4-14-12(13)8-16-18-14/h2-9,17,19-20H,1H3,(H,16,18). The third kappa shape index (κ3) is 2.14. The summed E-state index contributed by atoms with van der Waals surface area (Å²) in [6.45, 7) is 1.92. The Balaban J connectivity index is 1.94. The van der Waals surface area contributed by atoms with E-state index < -0.39 is 0 Å². The molecule has 0 aliphatic heterocycles. The first kappa shape index (κ1) is 12.3. The molecule has 1 heterocycles. The molecule has 1 atom stereocenters. The lowest BCUT2D eigenvalue weighted by atomic mass is 10.1. The van der Waals surface area contributed by atoms with Gasteiger partial charge in [-0.1, -0.05) is 6.07 Å². The number of aromatic hydroxyl groups is 2. The number of phenolic OH excluding ortho intramolecular Hbond substituents is 2. The van der Waals surface area contributed by atoms with Gasteiger partial charge < -0.3 is 15.5 Å². The molecule has 0 aliphatic carbocycles. The number of anilines is 1. The molecular formula is C15H15N3O2. The Labute approximate surface area is 115 Å². The number of H-pyrrole nitrogens is 1. The van der Waals surface area contributed by atoms with Crippen molar-refractivity contribution < 1.29 is 10.2 Å². The number of hydrogen-bond acceptors (Lipinski definition) is 4. The van der Waals surface area contributed by atoms with Crippen LogP contribution in [-0.4, -0.2) is 20.4 Å². The summed E-state index contributed by atoms with van der Waals surface area (Å²) in [6.07, 6.45) is 1.76. The van der Waals surface area contributed by atoms with Crippen LogP contribution in [-0.2, 0) is 0 Å². The summed E-state index contributed by atoms with van der Waals surface area (Å²) in [6, 6.07) is 10.2. The van der Waals surface area contributed by atoms with Crippen LogP contribution in [0.2, 0.25) is 0 Å². The maximum atomic E-state index is 9.89. The van der Waals surface area contributed by atoms with E-state index in [9.17, 15) is 10.2 Å². The van der Waals surface area contributed by atoms with Gasteiger partial charge in [-0.25, -0.2) is 0 Å². The van der Waals surface area contributed by atoms with Crippen molar-refractivity contribution >= 4 is 16.6 Å². The van der Waals surface area contributed by atoms with Crippen molar-refractivity contribution in [1.82, 2.24) is 10.2 Å². The smallest absolute Gasteiger partial charge is 0.121 e. The van der Waals surface area contributed by atoms with Gasteiger partial charge in [0, 0.05) is 16.6 Å². The average Bonchev–Trinajstić information content (AvgIpc) is 2.91. The largest absolute Gasteiger partial charge is 0.508 e. The van der Waals surface area contributed by atoms with Gasteiger partial charge in [-0.05, 0) is 37.3 Å². The molecule has 5 nitrogen and oxygen atoms in total. The molecule has 2 aromatic carbocycles. The van der Waals surface area contributed by atoms with E-state index >= 15 is 0 Å². The Hall–Kier alpha value is -2.69. The minimum Gasteiger partial charge on any atom is -0.508 e. The Kier molecular flexibility index (Phi) is 2.95. The lowest BCUT2D eigenvalue weighted by molar-refractivity contribution is 0.451. The van der Waals surface area contributed by atoms with Gasteiger partial charge in [-0.15, -0.1) is 0 Å². The van der Waals surface area contributed by atoms with E-state index in [1.165, 1.54) is 12.1 Å². The van der Waals surface area contributed by atoms with Crippen molar-refractivity contribution in [2.24, 2.45) is 0 Å².